The van der Waals surface area contributed by atoms with Crippen molar-refractivity contribution < 1.29 is 9.59 Å². The molecule has 1 unspecified atom stereocenters. The van der Waals surface area contributed by atoms with Gasteiger partial charge in [-0.15, -0.1) is 11.3 Å². The van der Waals surface area contributed by atoms with E-state index in [1.807, 2.05) is 31.2 Å². The number of aryl methyl sites for hydroxylation is 1. The minimum atomic E-state index is -0.463. The number of nitrogens with two attached hydrogens (primary N) is 1. The number of carbonyl (C=O) groups is 2. The SMILES string of the molecule is CCC1CCc2c(sc(NC(=O)/C=C/c3ccc(C)cc3)c2C(N)=O)C1. The summed E-state index contributed by atoms with van der Waals surface area (Å²) in [5, 5.41) is 3.44. The molecule has 0 saturated heterocycles. The first-order chi connectivity index (χ1) is 12.5. The summed E-state index contributed by atoms with van der Waals surface area (Å²) in [6.07, 6.45) is 7.28. The van der Waals surface area contributed by atoms with E-state index in [9.17, 15) is 9.59 Å². The molecule has 4 nitrogen and oxygen atoms in total. The lowest BCUT2D eigenvalue weighted by Crippen LogP contribution is -2.19. The number of amides is 2. The molecule has 26 heavy (non-hydrogen) atoms. The van der Waals surface area contributed by atoms with E-state index in [2.05, 4.69) is 12.2 Å². The first kappa shape index (κ1) is 18.4. The molecule has 1 aromatic heterocycles. The predicted octanol–water partition coefficient (Wildman–Crippen LogP) is 4.32. The van der Waals surface area contributed by atoms with Gasteiger partial charge in [-0.2, -0.15) is 0 Å². The molecule has 136 valence electrons. The maximum absolute atomic E-state index is 12.3. The topological polar surface area (TPSA) is 72.2 Å². The summed E-state index contributed by atoms with van der Waals surface area (Å²) in [6.45, 7) is 4.21. The minimum Gasteiger partial charge on any atom is -0.365 e. The lowest BCUT2D eigenvalue weighted by molar-refractivity contribution is -0.111. The van der Waals surface area contributed by atoms with Crippen LogP contribution in [-0.4, -0.2) is 11.8 Å². The molecule has 3 N–H and O–H groups in total. The zero-order valence-corrected chi connectivity index (χ0v) is 16.0. The largest absolute Gasteiger partial charge is 0.365 e. The van der Waals surface area contributed by atoms with Crippen molar-refractivity contribution in [3.63, 3.8) is 0 Å². The summed E-state index contributed by atoms with van der Waals surface area (Å²) in [6, 6.07) is 7.92. The second-order valence-corrected chi connectivity index (χ2v) is 7.93. The molecule has 0 aliphatic heterocycles. The fourth-order valence-corrected chi connectivity index (χ4v) is 4.72. The third kappa shape index (κ3) is 4.05. The maximum Gasteiger partial charge on any atom is 0.251 e. The Morgan fingerprint density at radius 2 is 2.04 bits per heavy atom. The van der Waals surface area contributed by atoms with E-state index in [1.54, 1.807) is 6.08 Å². The third-order valence-corrected chi connectivity index (χ3v) is 6.10. The minimum absolute atomic E-state index is 0.251. The van der Waals surface area contributed by atoms with E-state index < -0.39 is 5.91 Å². The Balaban J connectivity index is 1.78. The first-order valence-electron chi connectivity index (χ1n) is 8.98. The van der Waals surface area contributed by atoms with Gasteiger partial charge in [0.05, 0.1) is 5.56 Å². The number of hydrogen-bond donors (Lipinski definition) is 2. The number of fused-ring (bicyclic) bond motifs is 1. The monoisotopic (exact) mass is 368 g/mol. The quantitative estimate of drug-likeness (QED) is 0.771. The van der Waals surface area contributed by atoms with E-state index in [-0.39, 0.29) is 5.91 Å². The van der Waals surface area contributed by atoms with E-state index >= 15 is 0 Å². The highest BCUT2D eigenvalue weighted by Crippen LogP contribution is 2.40. The van der Waals surface area contributed by atoms with Crippen LogP contribution in [0.15, 0.2) is 30.3 Å². The zero-order chi connectivity index (χ0) is 18.7. The van der Waals surface area contributed by atoms with Gasteiger partial charge < -0.3 is 11.1 Å². The number of rotatable bonds is 5. The molecular weight excluding hydrogens is 344 g/mol. The smallest absolute Gasteiger partial charge is 0.251 e. The van der Waals surface area contributed by atoms with Gasteiger partial charge in [0, 0.05) is 11.0 Å². The number of carbonyl (C=O) groups excluding carboxylic acids is 2. The molecule has 0 radical (unpaired) electrons. The maximum atomic E-state index is 12.3. The molecule has 1 heterocycles. The Morgan fingerprint density at radius 1 is 1.31 bits per heavy atom. The van der Waals surface area contributed by atoms with Gasteiger partial charge in [0.1, 0.15) is 5.00 Å². The fourth-order valence-electron chi connectivity index (χ4n) is 3.35. The van der Waals surface area contributed by atoms with Crippen LogP contribution in [0, 0.1) is 12.8 Å². The van der Waals surface area contributed by atoms with Crippen molar-refractivity contribution in [2.45, 2.75) is 39.5 Å². The summed E-state index contributed by atoms with van der Waals surface area (Å²) >= 11 is 1.49. The number of anilines is 1. The van der Waals surface area contributed by atoms with Crippen molar-refractivity contribution in [3.8, 4) is 0 Å². The summed E-state index contributed by atoms with van der Waals surface area (Å²) in [5.74, 6) is -0.0687. The molecular formula is C21H24N2O2S. The highest BCUT2D eigenvalue weighted by molar-refractivity contribution is 7.17. The standard InChI is InChI=1S/C21H24N2O2S/c1-3-14-8-10-16-17(12-14)26-21(19(16)20(22)25)23-18(24)11-9-15-6-4-13(2)5-7-15/h4-7,9,11,14H,3,8,10,12H2,1-2H3,(H2,22,25)(H,23,24)/b11-9+. The van der Waals surface area contributed by atoms with E-state index in [0.29, 0.717) is 16.5 Å². The predicted molar refractivity (Wildman–Crippen MR) is 107 cm³/mol. The molecule has 0 fully saturated rings. The fraction of sp³-hybridized carbons (Fsp3) is 0.333. The van der Waals surface area contributed by atoms with Crippen LogP contribution in [0.25, 0.3) is 6.08 Å². The molecule has 1 aromatic carbocycles. The Morgan fingerprint density at radius 3 is 2.69 bits per heavy atom. The lowest BCUT2D eigenvalue weighted by Gasteiger charge is -2.20. The van der Waals surface area contributed by atoms with Crippen LogP contribution in [0.2, 0.25) is 0 Å². The van der Waals surface area contributed by atoms with Crippen molar-refractivity contribution in [3.05, 3.63) is 57.5 Å². The molecule has 0 spiro atoms. The van der Waals surface area contributed by atoms with Gasteiger partial charge in [-0.25, -0.2) is 0 Å². The number of hydrogen-bond acceptors (Lipinski definition) is 3. The Hall–Kier alpha value is -2.40. The third-order valence-electron chi connectivity index (χ3n) is 4.93. The van der Waals surface area contributed by atoms with Crippen LogP contribution >= 0.6 is 11.3 Å². The van der Waals surface area contributed by atoms with Crippen LogP contribution in [0.4, 0.5) is 5.00 Å². The molecule has 0 saturated carbocycles. The van der Waals surface area contributed by atoms with Crippen LogP contribution in [-0.2, 0) is 17.6 Å². The molecule has 1 aliphatic rings. The van der Waals surface area contributed by atoms with Gasteiger partial charge in [-0.1, -0.05) is 43.2 Å². The zero-order valence-electron chi connectivity index (χ0n) is 15.2. The highest BCUT2D eigenvalue weighted by atomic mass is 32.1. The summed E-state index contributed by atoms with van der Waals surface area (Å²) in [7, 11) is 0. The second-order valence-electron chi connectivity index (χ2n) is 6.82. The van der Waals surface area contributed by atoms with Crippen LogP contribution in [0.1, 0.15) is 51.7 Å². The van der Waals surface area contributed by atoms with Gasteiger partial charge in [0.2, 0.25) is 5.91 Å². The Kier molecular flexibility index (Phi) is 5.57. The van der Waals surface area contributed by atoms with Gasteiger partial charge in [0.15, 0.2) is 0 Å². The normalized spacial score (nSPS) is 16.5. The molecule has 2 aromatic rings. The second kappa shape index (κ2) is 7.87. The molecule has 1 atom stereocenters. The molecule has 3 rings (SSSR count). The van der Waals surface area contributed by atoms with E-state index in [0.717, 1.165) is 36.8 Å². The van der Waals surface area contributed by atoms with Gasteiger partial charge in [-0.05, 0) is 49.3 Å². The van der Waals surface area contributed by atoms with Crippen molar-refractivity contribution in [1.29, 1.82) is 0 Å². The first-order valence-corrected chi connectivity index (χ1v) is 9.79. The molecule has 5 heteroatoms. The van der Waals surface area contributed by atoms with Crippen molar-refractivity contribution >= 4 is 34.2 Å². The average Bonchev–Trinajstić information content (AvgIpc) is 2.98. The average molecular weight is 369 g/mol. The van der Waals surface area contributed by atoms with Crippen LogP contribution in [0.5, 0.6) is 0 Å². The Labute approximate surface area is 158 Å². The van der Waals surface area contributed by atoms with Crippen molar-refractivity contribution in [1.82, 2.24) is 0 Å². The lowest BCUT2D eigenvalue weighted by atomic mass is 9.85. The van der Waals surface area contributed by atoms with Crippen LogP contribution < -0.4 is 11.1 Å². The van der Waals surface area contributed by atoms with Gasteiger partial charge >= 0.3 is 0 Å². The number of primary amides is 1. The molecule has 2 amide bonds. The summed E-state index contributed by atoms with van der Waals surface area (Å²) in [5.41, 5.74) is 9.26. The molecule has 0 bridgehead atoms. The number of thiophene rings is 1. The van der Waals surface area contributed by atoms with Crippen LogP contribution in [0.3, 0.4) is 0 Å². The van der Waals surface area contributed by atoms with E-state index in [4.69, 9.17) is 5.73 Å². The summed E-state index contributed by atoms with van der Waals surface area (Å²) < 4.78 is 0. The van der Waals surface area contributed by atoms with Crippen molar-refractivity contribution in [2.24, 2.45) is 11.7 Å². The number of benzene rings is 1. The van der Waals surface area contributed by atoms with Gasteiger partial charge in [-0.3, -0.25) is 9.59 Å². The summed E-state index contributed by atoms with van der Waals surface area (Å²) in [4.78, 5) is 25.5. The van der Waals surface area contributed by atoms with E-state index in [1.165, 1.54) is 27.9 Å². The Bertz CT molecular complexity index is 850. The van der Waals surface area contributed by atoms with Crippen molar-refractivity contribution in [2.75, 3.05) is 5.32 Å². The highest BCUT2D eigenvalue weighted by Gasteiger charge is 2.27. The van der Waals surface area contributed by atoms with Gasteiger partial charge in [0.25, 0.3) is 5.91 Å². The number of nitrogens with one attached hydrogen (secondary N) is 1. The molecule has 1 aliphatic carbocycles.